The van der Waals surface area contributed by atoms with Crippen molar-refractivity contribution in [3.05, 3.63) is 60.2 Å². The van der Waals surface area contributed by atoms with Gasteiger partial charge in [-0.25, -0.2) is 0 Å². The van der Waals surface area contributed by atoms with Crippen molar-refractivity contribution >= 4 is 17.7 Å². The van der Waals surface area contributed by atoms with Crippen LogP contribution >= 0.6 is 11.8 Å². The Morgan fingerprint density at radius 3 is 2.62 bits per heavy atom. The number of likely N-dealkylation sites (tertiary alicyclic amines) is 1. The van der Waals surface area contributed by atoms with E-state index in [9.17, 15) is 4.79 Å². The summed E-state index contributed by atoms with van der Waals surface area (Å²) in [5, 5.41) is 0. The van der Waals surface area contributed by atoms with Gasteiger partial charge in [-0.2, -0.15) is 0 Å². The van der Waals surface area contributed by atoms with Gasteiger partial charge in [-0.15, -0.1) is 11.8 Å². The molecule has 0 saturated carbocycles. The smallest absolute Gasteiger partial charge is 0.223 e. The fourth-order valence-electron chi connectivity index (χ4n) is 3.16. The Labute approximate surface area is 148 Å². The molecule has 0 N–H and O–H groups in total. The number of rotatable bonds is 6. The molecule has 0 bridgehead atoms. The summed E-state index contributed by atoms with van der Waals surface area (Å²) in [5.74, 6) is 1.93. The molecule has 4 heteroatoms. The molecular weight excluding hydrogens is 318 g/mol. The zero-order valence-corrected chi connectivity index (χ0v) is 14.8. The zero-order chi connectivity index (χ0) is 16.8. The molecule has 1 heterocycles. The highest BCUT2D eigenvalue weighted by molar-refractivity contribution is 7.99. The Morgan fingerprint density at radius 2 is 1.92 bits per heavy atom. The maximum atomic E-state index is 12.6. The number of thioether (sulfide) groups is 1. The van der Waals surface area contributed by atoms with Gasteiger partial charge in [0.25, 0.3) is 0 Å². The molecule has 1 aliphatic rings. The Balaban J connectivity index is 1.52. The summed E-state index contributed by atoms with van der Waals surface area (Å²) in [5.41, 5.74) is 1.26. The van der Waals surface area contributed by atoms with E-state index in [-0.39, 0.29) is 11.9 Å². The van der Waals surface area contributed by atoms with E-state index in [1.165, 1.54) is 10.5 Å². The van der Waals surface area contributed by atoms with Gasteiger partial charge in [0, 0.05) is 23.6 Å². The highest BCUT2D eigenvalue weighted by Crippen LogP contribution is 2.32. The number of carbonyl (C=O) groups is 1. The van der Waals surface area contributed by atoms with E-state index in [1.54, 1.807) is 18.9 Å². The third kappa shape index (κ3) is 4.12. The lowest BCUT2D eigenvalue weighted by molar-refractivity contribution is -0.131. The number of hydrogen-bond acceptors (Lipinski definition) is 3. The van der Waals surface area contributed by atoms with Crippen LogP contribution in [-0.2, 0) is 4.79 Å². The Kier molecular flexibility index (Phi) is 5.81. The van der Waals surface area contributed by atoms with E-state index in [4.69, 9.17) is 4.74 Å². The number of benzene rings is 2. The highest BCUT2D eigenvalue weighted by atomic mass is 32.2. The van der Waals surface area contributed by atoms with Crippen LogP contribution in [0.25, 0.3) is 0 Å². The van der Waals surface area contributed by atoms with Crippen LogP contribution in [0.5, 0.6) is 5.75 Å². The third-order valence-electron chi connectivity index (χ3n) is 4.40. The first-order chi connectivity index (χ1) is 11.8. The van der Waals surface area contributed by atoms with Gasteiger partial charge in [0.15, 0.2) is 0 Å². The molecule has 1 atom stereocenters. The first-order valence-corrected chi connectivity index (χ1v) is 9.38. The number of nitrogens with zero attached hydrogens (tertiary/aromatic N) is 1. The average Bonchev–Trinajstić information content (AvgIpc) is 3.13. The standard InChI is InChI=1S/C20H23NO2S/c1-23-17-9-11-18(12-10-17)24-15-13-20(22)21-14-5-8-19(21)16-6-3-2-4-7-16/h2-4,6-7,9-12,19H,5,8,13-15H2,1H3. The lowest BCUT2D eigenvalue weighted by Crippen LogP contribution is -2.30. The van der Waals surface area contributed by atoms with Crippen molar-refractivity contribution < 1.29 is 9.53 Å². The minimum atomic E-state index is 0.254. The summed E-state index contributed by atoms with van der Waals surface area (Å²) in [4.78, 5) is 15.8. The fourth-order valence-corrected chi connectivity index (χ4v) is 4.00. The number of amides is 1. The average molecular weight is 341 g/mol. The van der Waals surface area contributed by atoms with Gasteiger partial charge in [0.1, 0.15) is 5.75 Å². The van der Waals surface area contributed by atoms with Crippen LogP contribution in [0, 0.1) is 0 Å². The molecule has 3 rings (SSSR count). The lowest BCUT2D eigenvalue weighted by atomic mass is 10.0. The molecule has 0 spiro atoms. The summed E-state index contributed by atoms with van der Waals surface area (Å²) in [7, 11) is 1.67. The Morgan fingerprint density at radius 1 is 1.17 bits per heavy atom. The van der Waals surface area contributed by atoms with Gasteiger partial charge in [0.05, 0.1) is 13.2 Å². The molecule has 24 heavy (non-hydrogen) atoms. The second kappa shape index (κ2) is 8.25. The maximum Gasteiger partial charge on any atom is 0.223 e. The van der Waals surface area contributed by atoms with Crippen LogP contribution in [0.15, 0.2) is 59.5 Å². The second-order valence-electron chi connectivity index (χ2n) is 5.93. The van der Waals surface area contributed by atoms with E-state index < -0.39 is 0 Å². The quantitative estimate of drug-likeness (QED) is 0.722. The molecule has 2 aromatic carbocycles. The molecule has 1 fully saturated rings. The Bertz CT molecular complexity index is 657. The molecule has 1 unspecified atom stereocenters. The zero-order valence-electron chi connectivity index (χ0n) is 14.0. The van der Waals surface area contributed by atoms with Crippen molar-refractivity contribution in [2.75, 3.05) is 19.4 Å². The van der Waals surface area contributed by atoms with E-state index >= 15 is 0 Å². The topological polar surface area (TPSA) is 29.5 Å². The number of carbonyl (C=O) groups excluding carboxylic acids is 1. The molecule has 0 aromatic heterocycles. The molecule has 1 saturated heterocycles. The SMILES string of the molecule is COc1ccc(SCCC(=O)N2CCCC2c2ccccc2)cc1. The number of hydrogen-bond donors (Lipinski definition) is 0. The molecule has 2 aromatic rings. The largest absolute Gasteiger partial charge is 0.497 e. The summed E-state index contributed by atoms with van der Waals surface area (Å²) in [6, 6.07) is 18.6. The van der Waals surface area contributed by atoms with Crippen molar-refractivity contribution in [1.29, 1.82) is 0 Å². The molecule has 126 valence electrons. The van der Waals surface area contributed by atoms with Gasteiger partial charge < -0.3 is 9.64 Å². The van der Waals surface area contributed by atoms with Crippen molar-refractivity contribution in [2.45, 2.75) is 30.2 Å². The van der Waals surface area contributed by atoms with Crippen molar-refractivity contribution in [2.24, 2.45) is 0 Å². The maximum absolute atomic E-state index is 12.6. The second-order valence-corrected chi connectivity index (χ2v) is 7.10. The summed E-state index contributed by atoms with van der Waals surface area (Å²) in [6.45, 7) is 0.881. The summed E-state index contributed by atoms with van der Waals surface area (Å²) < 4.78 is 5.16. The van der Waals surface area contributed by atoms with Crippen LogP contribution < -0.4 is 4.74 Å². The molecular formula is C20H23NO2S. The van der Waals surface area contributed by atoms with Crippen molar-refractivity contribution in [3.8, 4) is 5.75 Å². The van der Waals surface area contributed by atoms with Crippen LogP contribution in [0.2, 0.25) is 0 Å². The van der Waals surface area contributed by atoms with Crippen LogP contribution in [0.3, 0.4) is 0 Å². The molecule has 3 nitrogen and oxygen atoms in total. The number of ether oxygens (including phenoxy) is 1. The third-order valence-corrected chi connectivity index (χ3v) is 5.42. The summed E-state index contributed by atoms with van der Waals surface area (Å²) >= 11 is 1.72. The monoisotopic (exact) mass is 341 g/mol. The van der Waals surface area contributed by atoms with Gasteiger partial charge >= 0.3 is 0 Å². The predicted octanol–water partition coefficient (Wildman–Crippen LogP) is 4.54. The number of methoxy groups -OCH3 is 1. The van der Waals surface area contributed by atoms with Gasteiger partial charge in [0.2, 0.25) is 5.91 Å². The molecule has 0 aliphatic carbocycles. The first kappa shape index (κ1) is 16.9. The highest BCUT2D eigenvalue weighted by Gasteiger charge is 2.29. The van der Waals surface area contributed by atoms with Gasteiger partial charge in [-0.1, -0.05) is 30.3 Å². The van der Waals surface area contributed by atoms with E-state index in [1.807, 2.05) is 30.3 Å². The first-order valence-electron chi connectivity index (χ1n) is 8.39. The van der Waals surface area contributed by atoms with Crippen molar-refractivity contribution in [3.63, 3.8) is 0 Å². The molecule has 1 aliphatic heterocycles. The van der Waals surface area contributed by atoms with E-state index in [0.717, 1.165) is 30.9 Å². The summed E-state index contributed by atoms with van der Waals surface area (Å²) in [6.07, 6.45) is 2.75. The Hall–Kier alpha value is -1.94. The minimum Gasteiger partial charge on any atom is -0.497 e. The molecule has 1 amide bonds. The van der Waals surface area contributed by atoms with Crippen LogP contribution in [0.4, 0.5) is 0 Å². The lowest BCUT2D eigenvalue weighted by Gasteiger charge is -2.25. The van der Waals surface area contributed by atoms with Gasteiger partial charge in [-0.05, 0) is 42.7 Å². The van der Waals surface area contributed by atoms with Gasteiger partial charge in [-0.3, -0.25) is 4.79 Å². The van der Waals surface area contributed by atoms with Crippen LogP contribution in [-0.4, -0.2) is 30.2 Å². The fraction of sp³-hybridized carbons (Fsp3) is 0.350. The predicted molar refractivity (Wildman–Crippen MR) is 98.5 cm³/mol. The van der Waals surface area contributed by atoms with Crippen LogP contribution in [0.1, 0.15) is 30.9 Å². The normalized spacial score (nSPS) is 17.0. The molecule has 0 radical (unpaired) electrons. The van der Waals surface area contributed by atoms with E-state index in [2.05, 4.69) is 29.2 Å². The minimum absolute atomic E-state index is 0.254. The van der Waals surface area contributed by atoms with Crippen molar-refractivity contribution in [1.82, 2.24) is 4.90 Å². The van der Waals surface area contributed by atoms with E-state index in [0.29, 0.717) is 6.42 Å².